The molecule has 1 heterocycles. The highest BCUT2D eigenvalue weighted by Crippen LogP contribution is 2.22. The monoisotopic (exact) mass is 424 g/mol. The van der Waals surface area contributed by atoms with Gasteiger partial charge in [-0.05, 0) is 44.5 Å². The van der Waals surface area contributed by atoms with E-state index in [1.165, 1.54) is 19.9 Å². The summed E-state index contributed by atoms with van der Waals surface area (Å²) >= 11 is 0. The van der Waals surface area contributed by atoms with Gasteiger partial charge >= 0.3 is 6.18 Å². The van der Waals surface area contributed by atoms with Crippen molar-refractivity contribution in [2.24, 2.45) is 0 Å². The number of amides is 2. The lowest BCUT2D eigenvalue weighted by Crippen LogP contribution is -2.46. The number of Topliss-reactive ketones (excluding diaryl/α,β-unsaturated/α-hetero) is 1. The maximum absolute atomic E-state index is 13.4. The molecule has 0 bridgehead atoms. The molecule has 1 aromatic carbocycles. The average Bonchev–Trinajstić information content (AvgIpc) is 2.95. The van der Waals surface area contributed by atoms with Crippen LogP contribution in [0.15, 0.2) is 18.2 Å². The van der Waals surface area contributed by atoms with Crippen molar-refractivity contribution in [2.45, 2.75) is 33.0 Å². The van der Waals surface area contributed by atoms with E-state index in [2.05, 4.69) is 10.3 Å². The van der Waals surface area contributed by atoms with Gasteiger partial charge in [-0.2, -0.15) is 18.4 Å². The minimum Gasteiger partial charge on any atom is -0.355 e. The molecule has 0 aliphatic carbocycles. The highest BCUT2D eigenvalue weighted by atomic mass is 19.4. The van der Waals surface area contributed by atoms with Crippen molar-refractivity contribution >= 4 is 23.3 Å². The van der Waals surface area contributed by atoms with E-state index in [4.69, 9.17) is 5.26 Å². The van der Waals surface area contributed by atoms with Crippen LogP contribution < -0.4 is 10.6 Å². The van der Waals surface area contributed by atoms with Crippen molar-refractivity contribution in [3.8, 4) is 6.07 Å². The van der Waals surface area contributed by atoms with E-state index in [0.29, 0.717) is 6.92 Å². The molecule has 7 nitrogen and oxygen atoms in total. The number of aromatic amines is 1. The average molecular weight is 424 g/mol. The molecule has 0 spiro atoms. The molecule has 0 fully saturated rings. The summed E-state index contributed by atoms with van der Waals surface area (Å²) in [5.41, 5.74) is -0.288. The third kappa shape index (κ3) is 4.65. The van der Waals surface area contributed by atoms with Gasteiger partial charge in [0.05, 0.1) is 16.8 Å². The van der Waals surface area contributed by atoms with Gasteiger partial charge < -0.3 is 15.6 Å². The molecule has 1 aromatic heterocycles. The zero-order valence-corrected chi connectivity index (χ0v) is 16.0. The fourth-order valence-electron chi connectivity index (χ4n) is 2.66. The number of hydrogen-bond donors (Lipinski definition) is 3. The number of benzene rings is 1. The van der Waals surface area contributed by atoms with E-state index in [1.54, 1.807) is 11.4 Å². The third-order valence-electron chi connectivity index (χ3n) is 4.28. The molecular weight excluding hydrogens is 408 g/mol. The van der Waals surface area contributed by atoms with Crippen LogP contribution in [0, 0.1) is 31.0 Å². The Bertz CT molecular complexity index is 1070. The summed E-state index contributed by atoms with van der Waals surface area (Å²) in [6.07, 6.45) is -4.72. The molecule has 3 N–H and O–H groups in total. The molecule has 158 valence electrons. The van der Waals surface area contributed by atoms with Crippen molar-refractivity contribution in [1.29, 1.82) is 5.26 Å². The molecule has 1 atom stereocenters. The first-order valence-electron chi connectivity index (χ1n) is 8.48. The fraction of sp³-hybridized carbons (Fsp3) is 0.263. The Morgan fingerprint density at radius 1 is 1.20 bits per heavy atom. The number of aryl methyl sites for hydroxylation is 1. The van der Waals surface area contributed by atoms with E-state index in [-0.39, 0.29) is 33.8 Å². The molecule has 30 heavy (non-hydrogen) atoms. The zero-order chi connectivity index (χ0) is 22.8. The number of ketones is 1. The summed E-state index contributed by atoms with van der Waals surface area (Å²) in [4.78, 5) is 39.3. The number of alkyl halides is 3. The molecule has 0 radical (unpaired) electrons. The second-order valence-corrected chi connectivity index (χ2v) is 6.45. The van der Waals surface area contributed by atoms with Crippen molar-refractivity contribution < 1.29 is 31.9 Å². The van der Waals surface area contributed by atoms with Crippen molar-refractivity contribution in [1.82, 2.24) is 10.3 Å². The van der Waals surface area contributed by atoms with Gasteiger partial charge in [-0.3, -0.25) is 14.4 Å². The molecule has 0 aliphatic heterocycles. The van der Waals surface area contributed by atoms with Gasteiger partial charge in [-0.1, -0.05) is 0 Å². The van der Waals surface area contributed by atoms with Crippen LogP contribution in [0.25, 0.3) is 0 Å². The quantitative estimate of drug-likeness (QED) is 0.389. The lowest BCUT2D eigenvalue weighted by molar-refractivity contribution is -0.156. The van der Waals surface area contributed by atoms with Gasteiger partial charge in [-0.25, -0.2) is 4.39 Å². The van der Waals surface area contributed by atoms with Gasteiger partial charge in [0.15, 0.2) is 0 Å². The Labute approximate surface area is 168 Å². The number of halogens is 4. The molecule has 1 unspecified atom stereocenters. The van der Waals surface area contributed by atoms with Gasteiger partial charge in [-0.15, -0.1) is 0 Å². The number of rotatable bonds is 5. The highest BCUT2D eigenvalue weighted by molar-refractivity contribution is 6.43. The minimum atomic E-state index is -4.72. The smallest absolute Gasteiger partial charge is 0.355 e. The van der Waals surface area contributed by atoms with Crippen LogP contribution in [-0.4, -0.2) is 34.8 Å². The Morgan fingerprint density at radius 3 is 2.40 bits per heavy atom. The molecule has 2 aromatic rings. The molecule has 0 saturated carbocycles. The summed E-state index contributed by atoms with van der Waals surface area (Å²) in [5, 5.41) is 12.9. The predicted molar refractivity (Wildman–Crippen MR) is 97.3 cm³/mol. The van der Waals surface area contributed by atoms with Gasteiger partial charge in [0, 0.05) is 11.4 Å². The van der Waals surface area contributed by atoms with Crippen LogP contribution in [-0.2, 0) is 4.79 Å². The SMILES string of the molecule is Cc1[nH]c(C(=O)C(=O)NC(C)C(F)(F)F)c(C)c1C(=O)Nc1ccc(F)c(C#N)c1. The van der Waals surface area contributed by atoms with Crippen molar-refractivity contribution in [3.63, 3.8) is 0 Å². The van der Waals surface area contributed by atoms with Crippen LogP contribution in [0.2, 0.25) is 0 Å². The van der Waals surface area contributed by atoms with E-state index in [1.807, 2.05) is 0 Å². The summed E-state index contributed by atoms with van der Waals surface area (Å²) in [6.45, 7) is 3.47. The fourth-order valence-corrected chi connectivity index (χ4v) is 2.66. The Hall–Kier alpha value is -3.68. The van der Waals surface area contributed by atoms with Crippen molar-refractivity contribution in [2.75, 3.05) is 5.32 Å². The Balaban J connectivity index is 2.26. The highest BCUT2D eigenvalue weighted by Gasteiger charge is 2.38. The van der Waals surface area contributed by atoms with Crippen LogP contribution >= 0.6 is 0 Å². The summed E-state index contributed by atoms with van der Waals surface area (Å²) in [6, 6.07) is 2.72. The summed E-state index contributed by atoms with van der Waals surface area (Å²) in [5.74, 6) is -4.23. The number of nitrogens with one attached hydrogen (secondary N) is 3. The second kappa shape index (κ2) is 8.36. The lowest BCUT2D eigenvalue weighted by Gasteiger charge is -2.16. The van der Waals surface area contributed by atoms with Crippen LogP contribution in [0.4, 0.5) is 23.2 Å². The Morgan fingerprint density at radius 2 is 1.83 bits per heavy atom. The molecular formula is C19H16F4N4O3. The first kappa shape index (κ1) is 22.6. The standard InChI is InChI=1S/C19H16F4N4O3/c1-8-14(17(29)27-12-4-5-13(20)11(6-12)7-24)9(2)25-15(8)16(28)18(30)26-10(3)19(21,22)23/h4-6,10,25H,1-3H3,(H,26,30)(H,27,29). The van der Waals surface area contributed by atoms with Gasteiger partial charge in [0.25, 0.3) is 17.6 Å². The molecule has 2 amide bonds. The number of anilines is 1. The van der Waals surface area contributed by atoms with Crippen LogP contribution in [0.1, 0.15) is 44.6 Å². The Kier molecular flexibility index (Phi) is 6.30. The number of aromatic nitrogens is 1. The number of hydrogen-bond acceptors (Lipinski definition) is 4. The largest absolute Gasteiger partial charge is 0.408 e. The van der Waals surface area contributed by atoms with Crippen molar-refractivity contribution in [3.05, 3.63) is 52.1 Å². The first-order valence-corrected chi connectivity index (χ1v) is 8.48. The molecule has 2 rings (SSSR count). The number of carbonyl (C=O) groups is 3. The number of carbonyl (C=O) groups excluding carboxylic acids is 3. The summed E-state index contributed by atoms with van der Waals surface area (Å²) < 4.78 is 51.2. The van der Waals surface area contributed by atoms with Gasteiger partial charge in [0.1, 0.15) is 17.9 Å². The first-order chi connectivity index (χ1) is 13.9. The van der Waals surface area contributed by atoms with E-state index >= 15 is 0 Å². The lowest BCUT2D eigenvalue weighted by atomic mass is 10.1. The predicted octanol–water partition coefficient (Wildman–Crippen LogP) is 3.14. The van der Waals surface area contributed by atoms with E-state index < -0.39 is 35.6 Å². The minimum absolute atomic E-state index is 0.0159. The molecule has 0 saturated heterocycles. The normalized spacial score (nSPS) is 12.1. The third-order valence-corrected chi connectivity index (χ3v) is 4.28. The van der Waals surface area contributed by atoms with Crippen LogP contribution in [0.5, 0.6) is 0 Å². The van der Waals surface area contributed by atoms with E-state index in [9.17, 15) is 31.9 Å². The maximum atomic E-state index is 13.4. The maximum Gasteiger partial charge on any atom is 0.408 e. The molecule has 0 aliphatic rings. The summed E-state index contributed by atoms with van der Waals surface area (Å²) in [7, 11) is 0. The zero-order valence-electron chi connectivity index (χ0n) is 16.0. The van der Waals surface area contributed by atoms with E-state index in [0.717, 1.165) is 12.1 Å². The van der Waals surface area contributed by atoms with Gasteiger partial charge in [0.2, 0.25) is 0 Å². The topological polar surface area (TPSA) is 115 Å². The number of H-pyrrole nitrogens is 1. The van der Waals surface area contributed by atoms with Crippen LogP contribution in [0.3, 0.4) is 0 Å². The molecule has 11 heteroatoms. The number of nitrogens with zero attached hydrogens (tertiary/aromatic N) is 1. The number of nitriles is 1. The second-order valence-electron chi connectivity index (χ2n) is 6.45.